The van der Waals surface area contributed by atoms with Crippen LogP contribution in [-0.2, 0) is 0 Å². The van der Waals surface area contributed by atoms with Crippen molar-refractivity contribution in [2.45, 2.75) is 13.3 Å². The normalized spacial score (nSPS) is 10.4. The van der Waals surface area contributed by atoms with Gasteiger partial charge in [-0.25, -0.2) is 4.79 Å². The molecule has 2 heterocycles. The van der Waals surface area contributed by atoms with Crippen LogP contribution < -0.4 is 10.6 Å². The second kappa shape index (κ2) is 7.36. The lowest BCUT2D eigenvalue weighted by Gasteiger charge is -2.07. The van der Waals surface area contributed by atoms with E-state index in [9.17, 15) is 4.79 Å². The molecule has 3 rings (SSSR count). The highest BCUT2D eigenvalue weighted by molar-refractivity contribution is 5.89. The van der Waals surface area contributed by atoms with Gasteiger partial charge in [-0.2, -0.15) is 4.98 Å². The molecule has 0 saturated carbocycles. The van der Waals surface area contributed by atoms with Gasteiger partial charge in [-0.3, -0.25) is 4.98 Å². The number of hydrogen-bond acceptors (Lipinski definition) is 5. The molecule has 2 N–H and O–H groups in total. The zero-order valence-electron chi connectivity index (χ0n) is 13.2. The lowest BCUT2D eigenvalue weighted by molar-refractivity contribution is 0.252. The van der Waals surface area contributed by atoms with Crippen molar-refractivity contribution in [3.05, 3.63) is 48.8 Å². The van der Waals surface area contributed by atoms with Gasteiger partial charge in [0.15, 0.2) is 0 Å². The minimum Gasteiger partial charge on any atom is -0.338 e. The highest BCUT2D eigenvalue weighted by Gasteiger charge is 2.11. The van der Waals surface area contributed by atoms with E-state index in [1.54, 1.807) is 36.7 Å². The molecule has 0 bridgehead atoms. The molecule has 0 atom stereocenters. The van der Waals surface area contributed by atoms with Crippen molar-refractivity contribution < 1.29 is 9.32 Å². The first-order valence-corrected chi connectivity index (χ1v) is 7.65. The van der Waals surface area contributed by atoms with Crippen LogP contribution in [0.3, 0.4) is 0 Å². The number of carbonyl (C=O) groups is 1. The van der Waals surface area contributed by atoms with Gasteiger partial charge in [-0.1, -0.05) is 24.2 Å². The number of aromatic nitrogens is 3. The summed E-state index contributed by atoms with van der Waals surface area (Å²) in [6.45, 7) is 2.63. The number of pyridine rings is 1. The number of urea groups is 1. The lowest BCUT2D eigenvalue weighted by Crippen LogP contribution is -2.29. The molecule has 0 unspecified atom stereocenters. The minimum absolute atomic E-state index is 0.236. The van der Waals surface area contributed by atoms with E-state index >= 15 is 0 Å². The fourth-order valence-electron chi connectivity index (χ4n) is 2.10. The Morgan fingerprint density at radius 1 is 1.17 bits per heavy atom. The summed E-state index contributed by atoms with van der Waals surface area (Å²) in [6, 6.07) is 10.6. The number of carbonyl (C=O) groups excluding carboxylic acids is 1. The van der Waals surface area contributed by atoms with Crippen molar-refractivity contribution in [1.29, 1.82) is 0 Å². The third kappa shape index (κ3) is 3.75. The molecule has 2 aromatic heterocycles. The van der Waals surface area contributed by atoms with E-state index < -0.39 is 0 Å². The van der Waals surface area contributed by atoms with Crippen LogP contribution in [-0.4, -0.2) is 27.7 Å². The number of anilines is 1. The van der Waals surface area contributed by atoms with Crippen molar-refractivity contribution in [2.75, 3.05) is 11.9 Å². The van der Waals surface area contributed by atoms with Crippen LogP contribution >= 0.6 is 0 Å². The maximum absolute atomic E-state index is 11.7. The molecular formula is C17H17N5O2. The summed E-state index contributed by atoms with van der Waals surface area (Å²) in [7, 11) is 0. The summed E-state index contributed by atoms with van der Waals surface area (Å²) in [4.78, 5) is 20.1. The second-order valence-corrected chi connectivity index (χ2v) is 5.12. The second-order valence-electron chi connectivity index (χ2n) is 5.12. The number of hydrogen-bond donors (Lipinski definition) is 2. The summed E-state index contributed by atoms with van der Waals surface area (Å²) < 4.78 is 5.29. The smallest absolute Gasteiger partial charge is 0.319 e. The maximum Gasteiger partial charge on any atom is 0.319 e. The molecule has 7 heteroatoms. The molecule has 0 aliphatic carbocycles. The van der Waals surface area contributed by atoms with Crippen molar-refractivity contribution in [3.63, 3.8) is 0 Å². The molecule has 3 aromatic rings. The molecule has 1 aromatic carbocycles. The molecule has 0 aliphatic heterocycles. The van der Waals surface area contributed by atoms with Gasteiger partial charge in [0.1, 0.15) is 0 Å². The van der Waals surface area contributed by atoms with E-state index in [4.69, 9.17) is 4.52 Å². The minimum atomic E-state index is -0.236. The molecule has 0 spiro atoms. The van der Waals surface area contributed by atoms with Gasteiger partial charge in [-0.05, 0) is 30.7 Å². The molecule has 0 radical (unpaired) electrons. The highest BCUT2D eigenvalue weighted by Crippen LogP contribution is 2.23. The summed E-state index contributed by atoms with van der Waals surface area (Å²) in [5, 5.41) is 9.54. The zero-order chi connectivity index (χ0) is 16.8. The fraction of sp³-hybridized carbons (Fsp3) is 0.176. The molecule has 2 amide bonds. The van der Waals surface area contributed by atoms with Crippen LogP contribution in [0.25, 0.3) is 22.8 Å². The Labute approximate surface area is 139 Å². The molecule has 0 aliphatic rings. The van der Waals surface area contributed by atoms with E-state index in [1.807, 2.05) is 19.1 Å². The van der Waals surface area contributed by atoms with Gasteiger partial charge in [-0.15, -0.1) is 0 Å². The summed E-state index contributed by atoms with van der Waals surface area (Å²) in [5.74, 6) is 0.880. The predicted octanol–water partition coefficient (Wildman–Crippen LogP) is 3.33. The van der Waals surface area contributed by atoms with E-state index in [-0.39, 0.29) is 6.03 Å². The van der Waals surface area contributed by atoms with Crippen molar-refractivity contribution >= 4 is 11.7 Å². The number of amides is 2. The SMILES string of the molecule is CCCNC(=O)Nc1cccc(-c2noc(-c3ccncc3)n2)c1. The molecule has 122 valence electrons. The number of rotatable bonds is 5. The van der Waals surface area contributed by atoms with E-state index in [2.05, 4.69) is 25.8 Å². The van der Waals surface area contributed by atoms with Gasteiger partial charge in [0.2, 0.25) is 5.82 Å². The topological polar surface area (TPSA) is 92.9 Å². The number of nitrogens with zero attached hydrogens (tertiary/aromatic N) is 3. The summed E-state index contributed by atoms with van der Waals surface area (Å²) in [6.07, 6.45) is 4.21. The van der Waals surface area contributed by atoms with Crippen LogP contribution in [0.15, 0.2) is 53.3 Å². The van der Waals surface area contributed by atoms with E-state index in [0.29, 0.717) is 23.9 Å². The van der Waals surface area contributed by atoms with Gasteiger partial charge in [0, 0.05) is 35.8 Å². The first kappa shape index (κ1) is 15.7. The predicted molar refractivity (Wildman–Crippen MR) is 90.3 cm³/mol. The Bertz CT molecular complexity index is 817. The average molecular weight is 323 g/mol. The third-order valence-electron chi connectivity index (χ3n) is 3.27. The van der Waals surface area contributed by atoms with Crippen LogP contribution in [0.5, 0.6) is 0 Å². The van der Waals surface area contributed by atoms with Crippen LogP contribution in [0.2, 0.25) is 0 Å². The molecule has 0 fully saturated rings. The Morgan fingerprint density at radius 2 is 2.00 bits per heavy atom. The first-order chi connectivity index (χ1) is 11.8. The summed E-state index contributed by atoms with van der Waals surface area (Å²) in [5.41, 5.74) is 2.22. The standard InChI is InChI=1S/C17H17N5O2/c1-2-8-19-17(23)20-14-5-3-4-13(11-14)15-21-16(24-22-15)12-6-9-18-10-7-12/h3-7,9-11H,2,8H2,1H3,(H2,19,20,23). The number of nitrogens with one attached hydrogen (secondary N) is 2. The largest absolute Gasteiger partial charge is 0.338 e. The van der Waals surface area contributed by atoms with E-state index in [0.717, 1.165) is 17.5 Å². The first-order valence-electron chi connectivity index (χ1n) is 7.65. The quantitative estimate of drug-likeness (QED) is 0.751. The average Bonchev–Trinajstić information content (AvgIpc) is 3.11. The Morgan fingerprint density at radius 3 is 2.79 bits per heavy atom. The van der Waals surface area contributed by atoms with Gasteiger partial charge in [0.05, 0.1) is 0 Å². The highest BCUT2D eigenvalue weighted by atomic mass is 16.5. The van der Waals surface area contributed by atoms with Crippen LogP contribution in [0.4, 0.5) is 10.5 Å². The third-order valence-corrected chi connectivity index (χ3v) is 3.27. The Balaban J connectivity index is 1.77. The van der Waals surface area contributed by atoms with Crippen molar-refractivity contribution in [1.82, 2.24) is 20.4 Å². The van der Waals surface area contributed by atoms with E-state index in [1.165, 1.54) is 0 Å². The fourth-order valence-corrected chi connectivity index (χ4v) is 2.10. The molecule has 0 saturated heterocycles. The Kier molecular flexibility index (Phi) is 4.81. The zero-order valence-corrected chi connectivity index (χ0v) is 13.2. The molecule has 7 nitrogen and oxygen atoms in total. The van der Waals surface area contributed by atoms with Gasteiger partial charge < -0.3 is 15.2 Å². The lowest BCUT2D eigenvalue weighted by atomic mass is 10.2. The van der Waals surface area contributed by atoms with Crippen molar-refractivity contribution in [3.8, 4) is 22.8 Å². The van der Waals surface area contributed by atoms with Crippen LogP contribution in [0.1, 0.15) is 13.3 Å². The Hall–Kier alpha value is -3.22. The monoisotopic (exact) mass is 323 g/mol. The summed E-state index contributed by atoms with van der Waals surface area (Å²) >= 11 is 0. The molecule has 24 heavy (non-hydrogen) atoms. The molecular weight excluding hydrogens is 306 g/mol. The van der Waals surface area contributed by atoms with Gasteiger partial charge >= 0.3 is 6.03 Å². The number of benzene rings is 1. The van der Waals surface area contributed by atoms with Crippen molar-refractivity contribution in [2.24, 2.45) is 0 Å². The van der Waals surface area contributed by atoms with Crippen LogP contribution in [0, 0.1) is 0 Å². The maximum atomic E-state index is 11.7. The van der Waals surface area contributed by atoms with Gasteiger partial charge in [0.25, 0.3) is 5.89 Å².